The summed E-state index contributed by atoms with van der Waals surface area (Å²) in [6, 6.07) is -0.747. The van der Waals surface area contributed by atoms with Crippen LogP contribution in [-0.2, 0) is 4.79 Å². The molecule has 1 saturated heterocycles. The average Bonchev–Trinajstić information content (AvgIpc) is 3.03. The highest BCUT2D eigenvalue weighted by atomic mass is 16.4. The van der Waals surface area contributed by atoms with Crippen molar-refractivity contribution >= 4 is 11.9 Å². The van der Waals surface area contributed by atoms with Crippen LogP contribution in [0.2, 0.25) is 0 Å². The van der Waals surface area contributed by atoms with Crippen molar-refractivity contribution in [2.75, 3.05) is 6.54 Å². The summed E-state index contributed by atoms with van der Waals surface area (Å²) >= 11 is 0. The number of carbonyl (C=O) groups is 2. The summed E-state index contributed by atoms with van der Waals surface area (Å²) in [5, 5.41) is 22.1. The van der Waals surface area contributed by atoms with Gasteiger partial charge in [0.05, 0.1) is 0 Å². The maximum atomic E-state index is 12.1. The molecular weight excluding hydrogens is 238 g/mol. The molecule has 3 rings (SSSR count). The fourth-order valence-corrected chi connectivity index (χ4v) is 3.21. The molecule has 0 bridgehead atoms. The Morgan fingerprint density at radius 2 is 2.22 bits per heavy atom. The van der Waals surface area contributed by atoms with E-state index in [-0.39, 0.29) is 11.7 Å². The molecule has 1 aromatic rings. The van der Waals surface area contributed by atoms with Gasteiger partial charge >= 0.3 is 5.97 Å². The third kappa shape index (κ3) is 1.56. The predicted octanol–water partition coefficient (Wildman–Crippen LogP) is -0.475. The number of carboxylic acid groups (broad SMARTS) is 1. The molecule has 3 atom stereocenters. The first-order chi connectivity index (χ1) is 8.68. The lowest BCUT2D eigenvalue weighted by Gasteiger charge is -2.22. The van der Waals surface area contributed by atoms with E-state index in [0.29, 0.717) is 12.5 Å². The van der Waals surface area contributed by atoms with Crippen molar-refractivity contribution in [3.63, 3.8) is 0 Å². The summed E-state index contributed by atoms with van der Waals surface area (Å²) in [7, 11) is 0. The summed E-state index contributed by atoms with van der Waals surface area (Å²) in [4.78, 5) is 24.9. The molecule has 2 heterocycles. The third-order valence-corrected chi connectivity index (χ3v) is 3.94. The van der Waals surface area contributed by atoms with E-state index in [0.717, 1.165) is 19.3 Å². The quantitative estimate of drug-likeness (QED) is 0.734. The van der Waals surface area contributed by atoms with Crippen molar-refractivity contribution in [3.05, 3.63) is 5.82 Å². The Morgan fingerprint density at radius 3 is 2.89 bits per heavy atom. The zero-order valence-electron chi connectivity index (χ0n) is 9.61. The largest absolute Gasteiger partial charge is 0.480 e. The Balaban J connectivity index is 1.87. The topological polar surface area (TPSA) is 112 Å². The van der Waals surface area contributed by atoms with Crippen LogP contribution in [0.25, 0.3) is 0 Å². The molecule has 2 aliphatic rings. The van der Waals surface area contributed by atoms with Crippen LogP contribution >= 0.6 is 0 Å². The van der Waals surface area contributed by atoms with Crippen LogP contribution in [-0.4, -0.2) is 55.1 Å². The molecule has 0 radical (unpaired) electrons. The maximum Gasteiger partial charge on any atom is 0.326 e. The number of nitrogens with one attached hydrogen (secondary N) is 1. The maximum absolute atomic E-state index is 12.1. The molecule has 2 N–H and O–H groups in total. The molecule has 96 valence electrons. The van der Waals surface area contributed by atoms with Gasteiger partial charge in [-0.1, -0.05) is 6.42 Å². The monoisotopic (exact) mass is 251 g/mol. The SMILES string of the molecule is O=C(O)C1C2CCCC2CN1C(=O)c1nn[nH]n1. The van der Waals surface area contributed by atoms with Gasteiger partial charge in [-0.3, -0.25) is 4.79 Å². The molecule has 8 heteroatoms. The number of H-pyrrole nitrogens is 1. The van der Waals surface area contributed by atoms with Gasteiger partial charge in [0.1, 0.15) is 6.04 Å². The minimum absolute atomic E-state index is 0.0679. The number of aromatic nitrogens is 4. The smallest absolute Gasteiger partial charge is 0.326 e. The minimum atomic E-state index is -0.943. The first kappa shape index (κ1) is 11.1. The van der Waals surface area contributed by atoms with Gasteiger partial charge in [-0.2, -0.15) is 5.21 Å². The van der Waals surface area contributed by atoms with Gasteiger partial charge in [-0.25, -0.2) is 4.79 Å². The molecule has 1 aliphatic carbocycles. The molecule has 0 aromatic carbocycles. The summed E-state index contributed by atoms with van der Waals surface area (Å²) in [5.74, 6) is -1.10. The van der Waals surface area contributed by atoms with Crippen molar-refractivity contribution in [2.24, 2.45) is 11.8 Å². The van der Waals surface area contributed by atoms with Crippen LogP contribution in [0, 0.1) is 11.8 Å². The summed E-state index contributed by atoms with van der Waals surface area (Å²) in [5.41, 5.74) is 0. The zero-order chi connectivity index (χ0) is 12.7. The third-order valence-electron chi connectivity index (χ3n) is 3.94. The molecule has 3 unspecified atom stereocenters. The van der Waals surface area contributed by atoms with Crippen LogP contribution in [0.4, 0.5) is 0 Å². The van der Waals surface area contributed by atoms with Crippen molar-refractivity contribution < 1.29 is 14.7 Å². The average molecular weight is 251 g/mol. The van der Waals surface area contributed by atoms with E-state index in [9.17, 15) is 14.7 Å². The summed E-state index contributed by atoms with van der Waals surface area (Å²) in [6.45, 7) is 0.481. The van der Waals surface area contributed by atoms with Crippen LogP contribution in [0.15, 0.2) is 0 Å². The number of carbonyl (C=O) groups excluding carboxylic acids is 1. The fourth-order valence-electron chi connectivity index (χ4n) is 3.21. The van der Waals surface area contributed by atoms with Crippen molar-refractivity contribution in [2.45, 2.75) is 25.3 Å². The van der Waals surface area contributed by atoms with Crippen molar-refractivity contribution in [1.29, 1.82) is 0 Å². The predicted molar refractivity (Wildman–Crippen MR) is 57.5 cm³/mol. The van der Waals surface area contributed by atoms with E-state index in [1.807, 2.05) is 0 Å². The second kappa shape index (κ2) is 4.04. The lowest BCUT2D eigenvalue weighted by Crippen LogP contribution is -2.43. The standard InChI is InChI=1S/C10H13N5O3/c16-9(8-11-13-14-12-8)15-4-5-2-1-3-6(5)7(15)10(17)18/h5-7H,1-4H2,(H,17,18)(H,11,12,13,14). The number of amides is 1. The number of aliphatic carboxylic acids is 1. The van der Waals surface area contributed by atoms with Crippen LogP contribution < -0.4 is 0 Å². The molecule has 2 fully saturated rings. The normalized spacial score (nSPS) is 30.4. The van der Waals surface area contributed by atoms with Crippen LogP contribution in [0.3, 0.4) is 0 Å². The molecule has 1 saturated carbocycles. The Bertz CT molecular complexity index is 474. The highest BCUT2D eigenvalue weighted by molar-refractivity contribution is 5.93. The number of rotatable bonds is 2. The van der Waals surface area contributed by atoms with Gasteiger partial charge in [0.15, 0.2) is 0 Å². The molecular formula is C10H13N5O3. The molecule has 8 nitrogen and oxygen atoms in total. The number of aromatic amines is 1. The van der Waals surface area contributed by atoms with Crippen LogP contribution in [0.5, 0.6) is 0 Å². The Labute approximate surface area is 102 Å². The second-order valence-electron chi connectivity index (χ2n) is 4.83. The minimum Gasteiger partial charge on any atom is -0.480 e. The molecule has 0 spiro atoms. The number of tetrazole rings is 1. The van der Waals surface area contributed by atoms with Gasteiger partial charge in [0, 0.05) is 6.54 Å². The number of nitrogens with zero attached hydrogens (tertiary/aromatic N) is 4. The van der Waals surface area contributed by atoms with Crippen molar-refractivity contribution in [3.8, 4) is 0 Å². The van der Waals surface area contributed by atoms with E-state index in [4.69, 9.17) is 0 Å². The van der Waals surface area contributed by atoms with Gasteiger partial charge in [-0.05, 0) is 29.9 Å². The fraction of sp³-hybridized carbons (Fsp3) is 0.700. The van der Waals surface area contributed by atoms with Gasteiger partial charge in [0.2, 0.25) is 0 Å². The van der Waals surface area contributed by atoms with Crippen molar-refractivity contribution in [1.82, 2.24) is 25.5 Å². The highest BCUT2D eigenvalue weighted by Crippen LogP contribution is 2.42. The first-order valence-electron chi connectivity index (χ1n) is 5.95. The number of fused-ring (bicyclic) bond motifs is 1. The Kier molecular flexibility index (Phi) is 2.49. The van der Waals surface area contributed by atoms with E-state index in [2.05, 4.69) is 20.6 Å². The molecule has 18 heavy (non-hydrogen) atoms. The lowest BCUT2D eigenvalue weighted by atomic mass is 9.94. The summed E-state index contributed by atoms with van der Waals surface area (Å²) < 4.78 is 0. The second-order valence-corrected chi connectivity index (χ2v) is 4.83. The van der Waals surface area contributed by atoms with Crippen LogP contribution in [0.1, 0.15) is 29.9 Å². The number of hydrogen-bond donors (Lipinski definition) is 2. The lowest BCUT2D eigenvalue weighted by molar-refractivity contribution is -0.142. The zero-order valence-corrected chi connectivity index (χ0v) is 9.61. The van der Waals surface area contributed by atoms with E-state index >= 15 is 0 Å². The van der Waals surface area contributed by atoms with E-state index in [1.54, 1.807) is 0 Å². The molecule has 1 aromatic heterocycles. The van der Waals surface area contributed by atoms with Gasteiger partial charge < -0.3 is 10.0 Å². The molecule has 1 aliphatic heterocycles. The van der Waals surface area contributed by atoms with E-state index < -0.39 is 17.9 Å². The Morgan fingerprint density at radius 1 is 1.39 bits per heavy atom. The number of carboxylic acids is 1. The summed E-state index contributed by atoms with van der Waals surface area (Å²) in [6.07, 6.45) is 2.91. The van der Waals surface area contributed by atoms with Gasteiger partial charge in [0.25, 0.3) is 11.7 Å². The first-order valence-corrected chi connectivity index (χ1v) is 5.95. The number of hydrogen-bond acceptors (Lipinski definition) is 5. The Hall–Kier alpha value is -1.99. The highest BCUT2D eigenvalue weighted by Gasteiger charge is 2.50. The number of likely N-dealkylation sites (tertiary alicyclic amines) is 1. The van der Waals surface area contributed by atoms with Gasteiger partial charge in [-0.15, -0.1) is 10.2 Å². The molecule has 1 amide bonds. The van der Waals surface area contributed by atoms with E-state index in [1.165, 1.54) is 4.90 Å².